The van der Waals surface area contributed by atoms with Crippen LogP contribution in [-0.4, -0.2) is 30.2 Å². The van der Waals surface area contributed by atoms with Crippen molar-refractivity contribution >= 4 is 50.7 Å². The number of benzene rings is 1. The maximum atomic E-state index is 12.1. The minimum Gasteiger partial charge on any atom is -0.490 e. The van der Waals surface area contributed by atoms with Crippen LogP contribution in [-0.2, 0) is 9.59 Å². The third-order valence-electron chi connectivity index (χ3n) is 4.28. The molecule has 0 saturated heterocycles. The molecule has 0 saturated carbocycles. The first-order valence-corrected chi connectivity index (χ1v) is 11.9. The predicted octanol–water partition coefficient (Wildman–Crippen LogP) is 5.69. The molecule has 1 aromatic rings. The van der Waals surface area contributed by atoms with Gasteiger partial charge in [0.05, 0.1) is 22.6 Å². The van der Waals surface area contributed by atoms with Gasteiger partial charge in [-0.2, -0.15) is 4.99 Å². The van der Waals surface area contributed by atoms with E-state index in [0.29, 0.717) is 34.8 Å². The topological polar surface area (TPSA) is 77.0 Å². The SMILES string of the molecule is CCCCCCCCOc1c(Br)cc(/C=C2/SC(NC(C)=O)=NC2=O)cc1OCC. The number of hydrogen-bond acceptors (Lipinski definition) is 5. The van der Waals surface area contributed by atoms with Crippen LogP contribution >= 0.6 is 27.7 Å². The lowest BCUT2D eigenvalue weighted by Crippen LogP contribution is -2.23. The molecule has 164 valence electrons. The van der Waals surface area contributed by atoms with Crippen LogP contribution in [0.1, 0.15) is 64.9 Å². The Bertz CT molecular complexity index is 824. The average Bonchev–Trinajstić information content (AvgIpc) is 3.01. The summed E-state index contributed by atoms with van der Waals surface area (Å²) >= 11 is 4.71. The molecule has 30 heavy (non-hydrogen) atoms. The predicted molar refractivity (Wildman–Crippen MR) is 126 cm³/mol. The molecule has 8 heteroatoms. The van der Waals surface area contributed by atoms with Crippen molar-refractivity contribution in [3.05, 3.63) is 27.1 Å². The van der Waals surface area contributed by atoms with Crippen molar-refractivity contribution in [2.24, 2.45) is 4.99 Å². The number of halogens is 1. The number of hydrogen-bond donors (Lipinski definition) is 1. The first-order chi connectivity index (χ1) is 14.4. The number of aliphatic imine (C=N–C) groups is 1. The molecule has 2 amide bonds. The number of nitrogens with one attached hydrogen (secondary N) is 1. The molecule has 1 N–H and O–H groups in total. The molecule has 0 radical (unpaired) electrons. The van der Waals surface area contributed by atoms with Crippen LogP contribution in [0, 0.1) is 0 Å². The standard InChI is InChI=1S/C22H29BrN2O4S/c1-4-6-7-8-9-10-11-29-20-17(23)12-16(13-18(20)28-5-2)14-19-21(27)25-22(30-19)24-15(3)26/h12-14H,4-11H2,1-3H3,(H,24,25,26,27)/b19-14+. The Morgan fingerprint density at radius 1 is 1.17 bits per heavy atom. The van der Waals surface area contributed by atoms with Crippen LogP contribution in [0.2, 0.25) is 0 Å². The normalized spacial score (nSPS) is 14.7. The maximum absolute atomic E-state index is 12.1. The van der Waals surface area contributed by atoms with E-state index in [-0.39, 0.29) is 11.8 Å². The van der Waals surface area contributed by atoms with E-state index in [4.69, 9.17) is 9.47 Å². The molecule has 0 bridgehead atoms. The molecule has 0 aliphatic carbocycles. The minimum absolute atomic E-state index is 0.261. The summed E-state index contributed by atoms with van der Waals surface area (Å²) in [6.45, 7) is 6.65. The van der Waals surface area contributed by atoms with Gasteiger partial charge in [-0.1, -0.05) is 39.0 Å². The smallest absolute Gasteiger partial charge is 0.286 e. The van der Waals surface area contributed by atoms with Gasteiger partial charge in [0.15, 0.2) is 16.7 Å². The number of carbonyl (C=O) groups is 2. The lowest BCUT2D eigenvalue weighted by molar-refractivity contribution is -0.117. The lowest BCUT2D eigenvalue weighted by Gasteiger charge is -2.15. The second kappa shape index (κ2) is 12.8. The molecule has 6 nitrogen and oxygen atoms in total. The Balaban J connectivity index is 2.05. The zero-order chi connectivity index (χ0) is 21.9. The molecule has 0 unspecified atom stereocenters. The van der Waals surface area contributed by atoms with E-state index in [9.17, 15) is 9.59 Å². The molecular weight excluding hydrogens is 468 g/mol. The average molecular weight is 497 g/mol. The molecule has 1 aliphatic heterocycles. The molecule has 0 atom stereocenters. The number of amides is 2. The molecule has 0 fully saturated rings. The number of amidine groups is 1. The summed E-state index contributed by atoms with van der Waals surface area (Å²) in [5.74, 6) is 0.668. The first-order valence-electron chi connectivity index (χ1n) is 10.3. The van der Waals surface area contributed by atoms with Crippen LogP contribution in [0.5, 0.6) is 11.5 Å². The Hall–Kier alpha value is -1.80. The molecule has 1 aromatic carbocycles. The van der Waals surface area contributed by atoms with Crippen molar-refractivity contribution in [3.63, 3.8) is 0 Å². The van der Waals surface area contributed by atoms with Crippen molar-refractivity contribution in [2.75, 3.05) is 13.2 Å². The van der Waals surface area contributed by atoms with Gasteiger partial charge in [0, 0.05) is 6.92 Å². The second-order valence-electron chi connectivity index (χ2n) is 6.89. The summed E-state index contributed by atoms with van der Waals surface area (Å²) in [6.07, 6.45) is 8.93. The number of rotatable bonds is 11. The van der Waals surface area contributed by atoms with E-state index in [2.05, 4.69) is 33.2 Å². The summed E-state index contributed by atoms with van der Waals surface area (Å²) in [5, 5.41) is 2.84. The Labute approximate surface area is 191 Å². The van der Waals surface area contributed by atoms with Crippen molar-refractivity contribution in [2.45, 2.75) is 59.3 Å². The zero-order valence-electron chi connectivity index (χ0n) is 17.8. The Kier molecular flexibility index (Phi) is 10.4. The maximum Gasteiger partial charge on any atom is 0.286 e. The Morgan fingerprint density at radius 3 is 2.60 bits per heavy atom. The minimum atomic E-state index is -0.374. The highest BCUT2D eigenvalue weighted by atomic mass is 79.9. The van der Waals surface area contributed by atoms with E-state index in [0.717, 1.165) is 34.6 Å². The first kappa shape index (κ1) is 24.5. The van der Waals surface area contributed by atoms with Crippen LogP contribution < -0.4 is 14.8 Å². The van der Waals surface area contributed by atoms with Crippen LogP contribution in [0.3, 0.4) is 0 Å². The largest absolute Gasteiger partial charge is 0.490 e. The van der Waals surface area contributed by atoms with Crippen LogP contribution in [0.25, 0.3) is 6.08 Å². The highest BCUT2D eigenvalue weighted by Gasteiger charge is 2.23. The highest BCUT2D eigenvalue weighted by molar-refractivity contribution is 9.10. The fraction of sp³-hybridized carbons (Fsp3) is 0.500. The van der Waals surface area contributed by atoms with E-state index >= 15 is 0 Å². The van der Waals surface area contributed by atoms with E-state index < -0.39 is 0 Å². The van der Waals surface area contributed by atoms with Crippen molar-refractivity contribution in [1.82, 2.24) is 5.32 Å². The van der Waals surface area contributed by atoms with Gasteiger partial charge in [-0.05, 0) is 64.8 Å². The van der Waals surface area contributed by atoms with Crippen molar-refractivity contribution in [1.29, 1.82) is 0 Å². The molecular formula is C22H29BrN2O4S. The molecule has 2 rings (SSSR count). The molecule has 1 aliphatic rings. The summed E-state index contributed by atoms with van der Waals surface area (Å²) in [7, 11) is 0. The van der Waals surface area contributed by atoms with Gasteiger partial charge in [0.25, 0.3) is 5.91 Å². The number of nitrogens with zero attached hydrogens (tertiary/aromatic N) is 1. The van der Waals surface area contributed by atoms with E-state index in [1.165, 1.54) is 32.6 Å². The second-order valence-corrected chi connectivity index (χ2v) is 8.78. The van der Waals surface area contributed by atoms with Gasteiger partial charge in [0.2, 0.25) is 5.91 Å². The Morgan fingerprint density at radius 2 is 1.90 bits per heavy atom. The zero-order valence-corrected chi connectivity index (χ0v) is 20.2. The highest BCUT2D eigenvalue weighted by Crippen LogP contribution is 2.38. The van der Waals surface area contributed by atoms with E-state index in [1.54, 1.807) is 6.08 Å². The van der Waals surface area contributed by atoms with Gasteiger partial charge in [-0.3, -0.25) is 9.59 Å². The van der Waals surface area contributed by atoms with Gasteiger partial charge >= 0.3 is 0 Å². The van der Waals surface area contributed by atoms with Gasteiger partial charge in [-0.15, -0.1) is 0 Å². The van der Waals surface area contributed by atoms with Gasteiger partial charge in [0.1, 0.15) is 0 Å². The molecule has 0 aromatic heterocycles. The van der Waals surface area contributed by atoms with E-state index in [1.807, 2.05) is 19.1 Å². The number of carbonyl (C=O) groups excluding carboxylic acids is 2. The fourth-order valence-corrected chi connectivity index (χ4v) is 4.33. The van der Waals surface area contributed by atoms with Crippen molar-refractivity contribution < 1.29 is 19.1 Å². The van der Waals surface area contributed by atoms with Gasteiger partial charge < -0.3 is 14.8 Å². The van der Waals surface area contributed by atoms with Crippen LogP contribution in [0.4, 0.5) is 0 Å². The summed E-state index contributed by atoms with van der Waals surface area (Å²) < 4.78 is 12.5. The fourth-order valence-electron chi connectivity index (χ4n) is 2.90. The van der Waals surface area contributed by atoms with Crippen LogP contribution in [0.15, 0.2) is 26.5 Å². The summed E-state index contributed by atoms with van der Waals surface area (Å²) in [6, 6.07) is 3.73. The van der Waals surface area contributed by atoms with Gasteiger partial charge in [-0.25, -0.2) is 0 Å². The number of thioether (sulfide) groups is 1. The lowest BCUT2D eigenvalue weighted by atomic mass is 10.1. The third kappa shape index (κ3) is 7.80. The monoisotopic (exact) mass is 496 g/mol. The summed E-state index contributed by atoms with van der Waals surface area (Å²) in [5.41, 5.74) is 0.785. The van der Waals surface area contributed by atoms with Crippen molar-refractivity contribution in [3.8, 4) is 11.5 Å². The summed E-state index contributed by atoms with van der Waals surface area (Å²) in [4.78, 5) is 27.6. The molecule has 0 spiro atoms. The number of ether oxygens (including phenoxy) is 2. The third-order valence-corrected chi connectivity index (χ3v) is 5.77. The quantitative estimate of drug-likeness (QED) is 0.314. The molecule has 1 heterocycles. The number of unbranched alkanes of at least 4 members (excludes halogenated alkanes) is 5.